The molecule has 48 heavy (non-hydrogen) atoms. The normalized spacial score (nSPS) is 12.1. The van der Waals surface area contributed by atoms with Gasteiger partial charge in [0, 0.05) is 41.9 Å². The predicted molar refractivity (Wildman–Crippen MR) is 185 cm³/mol. The number of anilines is 2. The lowest BCUT2D eigenvalue weighted by Gasteiger charge is -2.17. The quantitative estimate of drug-likeness (QED) is 0.0565. The number of fused-ring (bicyclic) bond motifs is 1. The number of thiophene rings is 2. The fraction of sp³-hybridized carbons (Fsp3) is 0.281. The number of nitrogen functional groups attached to an aromatic ring is 1. The van der Waals surface area contributed by atoms with E-state index < -0.39 is 12.3 Å². The molecule has 6 N–H and O–H groups in total. The van der Waals surface area contributed by atoms with Crippen molar-refractivity contribution in [3.8, 4) is 21.7 Å². The lowest BCUT2D eigenvalue weighted by molar-refractivity contribution is 0.146. The molecule has 1 aromatic carbocycles. The minimum absolute atomic E-state index is 0.0844. The van der Waals surface area contributed by atoms with Gasteiger partial charge in [-0.15, -0.1) is 22.7 Å². The summed E-state index contributed by atoms with van der Waals surface area (Å²) in [5.74, 6) is 0.413. The van der Waals surface area contributed by atoms with Gasteiger partial charge in [0.05, 0.1) is 36.1 Å². The number of amides is 1. The molecule has 14 nitrogen and oxygen atoms in total. The van der Waals surface area contributed by atoms with Gasteiger partial charge in [0.15, 0.2) is 5.65 Å². The van der Waals surface area contributed by atoms with Crippen LogP contribution in [0.1, 0.15) is 16.0 Å². The Labute approximate surface area is 284 Å². The zero-order chi connectivity index (χ0) is 33.9. The van der Waals surface area contributed by atoms with Crippen molar-refractivity contribution in [2.75, 3.05) is 51.1 Å². The first kappa shape index (κ1) is 34.3. The Morgan fingerprint density at radius 1 is 1.12 bits per heavy atom. The number of hydrogen-bond donors (Lipinski definition) is 5. The van der Waals surface area contributed by atoms with Crippen LogP contribution < -0.4 is 26.0 Å². The zero-order valence-corrected chi connectivity index (χ0v) is 27.9. The fourth-order valence-electron chi connectivity index (χ4n) is 4.40. The van der Waals surface area contributed by atoms with Crippen molar-refractivity contribution in [2.24, 2.45) is 0 Å². The largest absolute Gasteiger partial charge is 0.471 e. The number of hydrogen-bond acceptors (Lipinski definition) is 14. The maximum atomic E-state index is 12.3. The number of alkyl carbamates (subject to hydrolysis) is 1. The first-order valence-electron chi connectivity index (χ1n) is 14.8. The van der Waals surface area contributed by atoms with E-state index in [1.54, 1.807) is 24.5 Å². The topological polar surface area (TPSA) is 197 Å². The van der Waals surface area contributed by atoms with Gasteiger partial charge in [-0.2, -0.15) is 15.2 Å². The number of methoxy groups -OCH3 is 1. The summed E-state index contributed by atoms with van der Waals surface area (Å²) in [7, 11) is 3.52. The van der Waals surface area contributed by atoms with Crippen LogP contribution in [0.25, 0.3) is 27.0 Å². The molecule has 5 aromatic rings. The summed E-state index contributed by atoms with van der Waals surface area (Å²) in [6.45, 7) is 2.19. The van der Waals surface area contributed by atoms with Crippen LogP contribution in [0.15, 0.2) is 60.4 Å². The Bertz CT molecular complexity index is 1880. The van der Waals surface area contributed by atoms with Crippen LogP contribution in [0, 0.1) is 11.3 Å². The fourth-order valence-corrected chi connectivity index (χ4v) is 6.45. The number of H-pyrrole nitrogens is 1. The van der Waals surface area contributed by atoms with Crippen LogP contribution in [-0.4, -0.2) is 77.8 Å². The van der Waals surface area contributed by atoms with Crippen LogP contribution in [-0.2, 0) is 22.6 Å². The molecule has 0 spiro atoms. The van der Waals surface area contributed by atoms with Crippen molar-refractivity contribution in [3.63, 3.8) is 0 Å². The van der Waals surface area contributed by atoms with Crippen LogP contribution in [0.2, 0.25) is 0 Å². The summed E-state index contributed by atoms with van der Waals surface area (Å²) in [4.78, 5) is 32.6. The molecule has 4 aromatic heterocycles. The van der Waals surface area contributed by atoms with Gasteiger partial charge in [-0.05, 0) is 41.5 Å². The van der Waals surface area contributed by atoms with Crippen LogP contribution in [0.5, 0.6) is 5.88 Å². The van der Waals surface area contributed by atoms with Gasteiger partial charge < -0.3 is 40.3 Å². The van der Waals surface area contributed by atoms with E-state index in [9.17, 15) is 15.2 Å². The van der Waals surface area contributed by atoms with Gasteiger partial charge in [0.2, 0.25) is 11.8 Å². The summed E-state index contributed by atoms with van der Waals surface area (Å²) >= 11 is 3.15. The highest BCUT2D eigenvalue weighted by Crippen LogP contribution is 2.37. The minimum atomic E-state index is -1.06. The van der Waals surface area contributed by atoms with Gasteiger partial charge >= 0.3 is 6.09 Å². The second-order valence-electron chi connectivity index (χ2n) is 10.4. The van der Waals surface area contributed by atoms with Gasteiger partial charge in [-0.25, -0.2) is 9.78 Å². The summed E-state index contributed by atoms with van der Waals surface area (Å²) < 4.78 is 16.2. The van der Waals surface area contributed by atoms with E-state index in [0.717, 1.165) is 30.8 Å². The number of carbonyl (C=O) groups is 1. The number of rotatable bonds is 16. The molecule has 250 valence electrons. The molecule has 5 rings (SSSR count). The third-order valence-corrected chi connectivity index (χ3v) is 9.40. The van der Waals surface area contributed by atoms with Crippen molar-refractivity contribution in [3.05, 3.63) is 76.4 Å². The Balaban J connectivity index is 1.03. The number of carbonyl (C=O) groups excluding carboxylic acids is 1. The molecular formula is C32H35N9O5S2. The van der Waals surface area contributed by atoms with Gasteiger partial charge in [0.25, 0.3) is 0 Å². The van der Waals surface area contributed by atoms with Gasteiger partial charge in [0.1, 0.15) is 25.0 Å². The number of aliphatic hydroxyl groups excluding tert-OH is 1. The molecule has 0 saturated heterocycles. The smallest absolute Gasteiger partial charge is 0.407 e. The van der Waals surface area contributed by atoms with E-state index in [-0.39, 0.29) is 24.7 Å². The number of imidazole rings is 1. The highest BCUT2D eigenvalue weighted by Gasteiger charge is 2.14. The molecule has 1 atom stereocenters. The van der Waals surface area contributed by atoms with Crippen molar-refractivity contribution >= 4 is 57.0 Å². The molecule has 0 bridgehead atoms. The van der Waals surface area contributed by atoms with Crippen molar-refractivity contribution in [1.29, 1.82) is 5.26 Å². The van der Waals surface area contributed by atoms with E-state index >= 15 is 0 Å². The number of aromatic nitrogens is 4. The predicted octanol–water partition coefficient (Wildman–Crippen LogP) is 4.13. The summed E-state index contributed by atoms with van der Waals surface area (Å²) in [5, 5.41) is 26.4. The molecule has 0 saturated carbocycles. The number of nitriles is 1. The Morgan fingerprint density at radius 2 is 1.90 bits per heavy atom. The number of aliphatic hydroxyl groups is 1. The second-order valence-corrected chi connectivity index (χ2v) is 12.6. The lowest BCUT2D eigenvalue weighted by Crippen LogP contribution is -2.32. The number of nitrogens with zero attached hydrogens (tertiary/aromatic N) is 5. The number of nitrogens with one attached hydrogen (secondary N) is 3. The average Bonchev–Trinajstić information content (AvgIpc) is 3.87. The monoisotopic (exact) mass is 689 g/mol. The standard InChI is InChI=1S/C32H35N9O5S2/c1-41(26-10-9-25(48-26)24-8-7-23(47-24)15-22(16-33)29(42)35-11-13-44-2)12-14-45-32(43)36-17-20-3-5-21(6-4-20)18-46-30-27-28(38-19-37-27)39-31(34)40-30/h3-10,15,19,29,35,42H,11-14,17-18H2,1-2H3,(H,36,43)(H3,34,37,38,39,40)/b22-15+. The molecular weight excluding hydrogens is 655 g/mol. The van der Waals surface area contributed by atoms with Crippen molar-refractivity contribution in [1.82, 2.24) is 30.6 Å². The molecule has 4 heterocycles. The van der Waals surface area contributed by atoms with E-state index in [4.69, 9.17) is 19.9 Å². The van der Waals surface area contributed by atoms with E-state index in [2.05, 4.69) is 36.6 Å². The van der Waals surface area contributed by atoms with Gasteiger partial charge in [-0.1, -0.05) is 24.3 Å². The Hall–Kier alpha value is -5.05. The highest BCUT2D eigenvalue weighted by atomic mass is 32.1. The molecule has 0 radical (unpaired) electrons. The maximum Gasteiger partial charge on any atom is 0.407 e. The molecule has 0 aliphatic rings. The van der Waals surface area contributed by atoms with Gasteiger partial charge in [-0.3, -0.25) is 5.32 Å². The third-order valence-electron chi connectivity index (χ3n) is 6.97. The van der Waals surface area contributed by atoms with Crippen molar-refractivity contribution in [2.45, 2.75) is 19.4 Å². The lowest BCUT2D eigenvalue weighted by atomic mass is 10.1. The van der Waals surface area contributed by atoms with Crippen LogP contribution in [0.4, 0.5) is 15.7 Å². The van der Waals surface area contributed by atoms with Crippen LogP contribution >= 0.6 is 22.7 Å². The Morgan fingerprint density at radius 3 is 2.69 bits per heavy atom. The summed E-state index contributed by atoms with van der Waals surface area (Å²) in [5.41, 5.74) is 8.81. The molecule has 0 aliphatic carbocycles. The zero-order valence-electron chi connectivity index (χ0n) is 26.3. The van der Waals surface area contributed by atoms with E-state index in [1.165, 1.54) is 17.7 Å². The molecule has 0 aliphatic heterocycles. The first-order chi connectivity index (χ1) is 23.3. The number of benzene rings is 1. The second kappa shape index (κ2) is 16.7. The number of nitrogens with two attached hydrogens (primary N) is 1. The maximum absolute atomic E-state index is 12.3. The first-order valence-corrected chi connectivity index (χ1v) is 16.5. The highest BCUT2D eigenvalue weighted by molar-refractivity contribution is 7.24. The molecule has 0 fully saturated rings. The van der Waals surface area contributed by atoms with E-state index in [0.29, 0.717) is 43.3 Å². The summed E-state index contributed by atoms with van der Waals surface area (Å²) in [6, 6.07) is 17.7. The third kappa shape index (κ3) is 9.27. The number of aromatic amines is 1. The summed E-state index contributed by atoms with van der Waals surface area (Å²) in [6.07, 6.45) is 1.63. The SMILES string of the molecule is COCCNC(O)/C(C#N)=C/c1ccc(-c2ccc(N(C)CCOC(=O)NCc3ccc(COc4nc(N)nc5nc[nH]c45)cc3)s2)s1. The number of ether oxygens (including phenoxy) is 3. The average molecular weight is 690 g/mol. The van der Waals surface area contributed by atoms with Crippen LogP contribution in [0.3, 0.4) is 0 Å². The van der Waals surface area contributed by atoms with E-state index in [1.807, 2.05) is 60.5 Å². The van der Waals surface area contributed by atoms with Crippen molar-refractivity contribution < 1.29 is 24.1 Å². The molecule has 16 heteroatoms. The minimum Gasteiger partial charge on any atom is -0.471 e. The molecule has 1 unspecified atom stereocenters. The Kier molecular flexibility index (Phi) is 11.9. The molecule has 1 amide bonds. The number of likely N-dealkylation sites (N-methyl/N-ethyl adjacent to an activating group) is 1.